The highest BCUT2D eigenvalue weighted by Gasteiger charge is 2.03. The largest absolute Gasteiger partial charge is 0.206 e. The highest BCUT2D eigenvalue weighted by molar-refractivity contribution is 5.47. The van der Waals surface area contributed by atoms with Crippen molar-refractivity contribution in [3.63, 3.8) is 0 Å². The SMILES string of the molecule is CCCCCc1ccc(C#Cc2ccc(C#CC#N)c(F)c2)c(F)c1. The monoisotopic (exact) mass is 333 g/mol. The number of halogens is 2. The molecule has 0 spiro atoms. The molecule has 0 N–H and O–H groups in total. The van der Waals surface area contributed by atoms with Gasteiger partial charge >= 0.3 is 0 Å². The average Bonchev–Trinajstić information content (AvgIpc) is 2.60. The van der Waals surface area contributed by atoms with Crippen LogP contribution in [0.25, 0.3) is 0 Å². The molecule has 0 aliphatic carbocycles. The summed E-state index contributed by atoms with van der Waals surface area (Å²) in [6, 6.07) is 11.0. The van der Waals surface area contributed by atoms with E-state index in [2.05, 4.69) is 30.6 Å². The van der Waals surface area contributed by atoms with Crippen molar-refractivity contribution in [1.82, 2.24) is 0 Å². The van der Waals surface area contributed by atoms with Crippen LogP contribution in [0.4, 0.5) is 8.78 Å². The van der Waals surface area contributed by atoms with Crippen molar-refractivity contribution in [3.8, 4) is 29.8 Å². The molecule has 3 heteroatoms. The van der Waals surface area contributed by atoms with E-state index in [9.17, 15) is 8.78 Å². The van der Waals surface area contributed by atoms with Gasteiger partial charge in [-0.1, -0.05) is 37.7 Å². The fourth-order valence-electron chi connectivity index (χ4n) is 2.32. The van der Waals surface area contributed by atoms with Gasteiger partial charge in [-0.2, -0.15) is 5.26 Å². The number of nitrogens with zero attached hydrogens (tertiary/aromatic N) is 1. The Hall–Kier alpha value is -3.09. The molecule has 124 valence electrons. The number of hydrogen-bond acceptors (Lipinski definition) is 1. The van der Waals surface area contributed by atoms with Crippen LogP contribution >= 0.6 is 0 Å². The minimum Gasteiger partial charge on any atom is -0.206 e. The van der Waals surface area contributed by atoms with Gasteiger partial charge in [-0.3, -0.25) is 0 Å². The molecule has 2 aromatic carbocycles. The highest BCUT2D eigenvalue weighted by atomic mass is 19.1. The fourth-order valence-corrected chi connectivity index (χ4v) is 2.32. The number of aryl methyl sites for hydroxylation is 1. The summed E-state index contributed by atoms with van der Waals surface area (Å²) in [6.07, 6.45) is 4.16. The molecule has 0 saturated heterocycles. The summed E-state index contributed by atoms with van der Waals surface area (Å²) in [4.78, 5) is 0. The van der Waals surface area contributed by atoms with Gasteiger partial charge in [-0.15, -0.1) is 0 Å². The van der Waals surface area contributed by atoms with Gasteiger partial charge in [-0.25, -0.2) is 8.78 Å². The zero-order chi connectivity index (χ0) is 18.1. The van der Waals surface area contributed by atoms with Crippen molar-refractivity contribution in [2.45, 2.75) is 32.6 Å². The summed E-state index contributed by atoms with van der Waals surface area (Å²) in [5, 5.41) is 8.39. The fraction of sp³-hybridized carbons (Fsp3) is 0.227. The summed E-state index contributed by atoms with van der Waals surface area (Å²) >= 11 is 0. The summed E-state index contributed by atoms with van der Waals surface area (Å²) in [6.45, 7) is 2.13. The molecule has 25 heavy (non-hydrogen) atoms. The third-order valence-corrected chi connectivity index (χ3v) is 3.67. The molecule has 0 saturated carbocycles. The lowest BCUT2D eigenvalue weighted by Crippen LogP contribution is -1.90. The van der Waals surface area contributed by atoms with Crippen molar-refractivity contribution >= 4 is 0 Å². The van der Waals surface area contributed by atoms with E-state index in [4.69, 9.17) is 5.26 Å². The van der Waals surface area contributed by atoms with Crippen LogP contribution in [0, 0.1) is 46.6 Å². The maximum absolute atomic E-state index is 14.1. The molecule has 0 aliphatic rings. The van der Waals surface area contributed by atoms with Crippen LogP contribution in [0.1, 0.15) is 48.4 Å². The molecule has 0 aromatic heterocycles. The molecule has 0 aliphatic heterocycles. The van der Waals surface area contributed by atoms with Gasteiger partial charge in [-0.05, 0) is 54.7 Å². The Bertz CT molecular complexity index is 915. The molecule has 0 amide bonds. The molecule has 0 unspecified atom stereocenters. The van der Waals surface area contributed by atoms with Crippen molar-refractivity contribution < 1.29 is 8.78 Å². The first-order valence-electron chi connectivity index (χ1n) is 8.14. The third-order valence-electron chi connectivity index (χ3n) is 3.67. The second-order valence-electron chi connectivity index (χ2n) is 5.58. The molecule has 1 nitrogen and oxygen atoms in total. The highest BCUT2D eigenvalue weighted by Crippen LogP contribution is 2.13. The number of unbranched alkanes of at least 4 members (excludes halogenated alkanes) is 2. The molecule has 2 rings (SSSR count). The van der Waals surface area contributed by atoms with Crippen molar-refractivity contribution in [1.29, 1.82) is 5.26 Å². The van der Waals surface area contributed by atoms with Crippen LogP contribution in [0.2, 0.25) is 0 Å². The zero-order valence-corrected chi connectivity index (χ0v) is 14.0. The van der Waals surface area contributed by atoms with Gasteiger partial charge in [0.1, 0.15) is 11.6 Å². The van der Waals surface area contributed by atoms with Gasteiger partial charge in [0.15, 0.2) is 6.07 Å². The number of nitriles is 1. The maximum Gasteiger partial charge on any atom is 0.152 e. The average molecular weight is 333 g/mol. The second kappa shape index (κ2) is 9.27. The second-order valence-corrected chi connectivity index (χ2v) is 5.58. The molecule has 2 aromatic rings. The smallest absolute Gasteiger partial charge is 0.152 e. The van der Waals surface area contributed by atoms with Crippen LogP contribution < -0.4 is 0 Å². The molecule has 0 fully saturated rings. The van der Waals surface area contributed by atoms with Crippen molar-refractivity contribution in [3.05, 3.63) is 70.3 Å². The minimum atomic E-state index is -0.554. The lowest BCUT2D eigenvalue weighted by Gasteiger charge is -2.02. The summed E-state index contributed by atoms with van der Waals surface area (Å²) < 4.78 is 27.9. The Labute approximate surface area is 147 Å². The molecular formula is C22H17F2N. The first-order valence-corrected chi connectivity index (χ1v) is 8.14. The quantitative estimate of drug-likeness (QED) is 0.572. The Balaban J connectivity index is 2.15. The third kappa shape index (κ3) is 5.49. The van der Waals surface area contributed by atoms with Gasteiger partial charge in [0.25, 0.3) is 0 Å². The standard InChI is InChI=1S/C22H17F2N/c1-2-3-4-6-17-8-12-20(22(24)15-17)13-10-18-9-11-19(7-5-14-25)21(23)16-18/h8-9,11-12,15-16H,2-4,6H2,1H3. The predicted octanol–water partition coefficient (Wildman–Crippen LogP) is 4.97. The zero-order valence-electron chi connectivity index (χ0n) is 14.0. The molecule has 0 bridgehead atoms. The normalized spacial score (nSPS) is 9.36. The molecule has 0 heterocycles. The van der Waals surface area contributed by atoms with E-state index in [1.54, 1.807) is 18.2 Å². The van der Waals surface area contributed by atoms with E-state index in [0.29, 0.717) is 5.56 Å². The number of rotatable bonds is 4. The molecule has 0 atom stereocenters. The van der Waals surface area contributed by atoms with Gasteiger partial charge in [0.2, 0.25) is 0 Å². The van der Waals surface area contributed by atoms with Gasteiger partial charge in [0, 0.05) is 11.5 Å². The molecule has 0 radical (unpaired) electrons. The summed E-state index contributed by atoms with van der Waals surface area (Å²) in [7, 11) is 0. The Morgan fingerprint density at radius 1 is 0.880 bits per heavy atom. The van der Waals surface area contributed by atoms with Crippen LogP contribution in [0.15, 0.2) is 36.4 Å². The Morgan fingerprint density at radius 2 is 1.60 bits per heavy atom. The number of benzene rings is 2. The first-order chi connectivity index (χ1) is 12.1. The maximum atomic E-state index is 14.1. The molecular weight excluding hydrogens is 316 g/mol. The van der Waals surface area contributed by atoms with Crippen LogP contribution in [0.3, 0.4) is 0 Å². The summed E-state index contributed by atoms with van der Waals surface area (Å²) in [5.74, 6) is 9.12. The minimum absolute atomic E-state index is 0.134. The van der Waals surface area contributed by atoms with E-state index in [1.807, 2.05) is 6.07 Å². The van der Waals surface area contributed by atoms with E-state index in [-0.39, 0.29) is 16.9 Å². The Morgan fingerprint density at radius 3 is 2.28 bits per heavy atom. The van der Waals surface area contributed by atoms with E-state index < -0.39 is 5.82 Å². The lowest BCUT2D eigenvalue weighted by molar-refractivity contribution is 0.619. The van der Waals surface area contributed by atoms with E-state index >= 15 is 0 Å². The number of hydrogen-bond donors (Lipinski definition) is 0. The first kappa shape index (κ1) is 18.3. The lowest BCUT2D eigenvalue weighted by atomic mass is 10.0. The van der Waals surface area contributed by atoms with Crippen LogP contribution in [-0.4, -0.2) is 0 Å². The van der Waals surface area contributed by atoms with Crippen LogP contribution in [-0.2, 0) is 6.42 Å². The van der Waals surface area contributed by atoms with Crippen molar-refractivity contribution in [2.75, 3.05) is 0 Å². The van der Waals surface area contributed by atoms with Gasteiger partial charge in [0.05, 0.1) is 11.1 Å². The topological polar surface area (TPSA) is 23.8 Å². The van der Waals surface area contributed by atoms with Gasteiger partial charge < -0.3 is 0 Å². The van der Waals surface area contributed by atoms with Crippen molar-refractivity contribution in [2.24, 2.45) is 0 Å². The van der Waals surface area contributed by atoms with Crippen LogP contribution in [0.5, 0.6) is 0 Å². The van der Waals surface area contributed by atoms with E-state index in [0.717, 1.165) is 31.2 Å². The van der Waals surface area contributed by atoms with E-state index in [1.165, 1.54) is 18.2 Å². The summed E-state index contributed by atoms with van der Waals surface area (Å²) in [5.41, 5.74) is 1.80. The predicted molar refractivity (Wildman–Crippen MR) is 94.5 cm³/mol. The Kier molecular flexibility index (Phi) is 6.76.